The zero-order valence-electron chi connectivity index (χ0n) is 15.5. The molecule has 1 aliphatic carbocycles. The second-order valence-electron chi connectivity index (χ2n) is 7.63. The zero-order chi connectivity index (χ0) is 20.0. The first kappa shape index (κ1) is 18.5. The molecule has 3 amide bonds. The molecule has 4 N–H and O–H groups in total. The number of aliphatic hydroxyl groups excluding tert-OH is 1. The number of amides is 3. The van der Waals surface area contributed by atoms with E-state index in [9.17, 15) is 24.6 Å². The van der Waals surface area contributed by atoms with Crippen LogP contribution in [0.5, 0.6) is 0 Å². The van der Waals surface area contributed by atoms with E-state index in [4.69, 9.17) is 0 Å². The lowest BCUT2D eigenvalue weighted by atomic mass is 9.71. The molecule has 3 aliphatic rings. The summed E-state index contributed by atoms with van der Waals surface area (Å²) in [4.78, 5) is 38.2. The van der Waals surface area contributed by atoms with Gasteiger partial charge in [-0.05, 0) is 37.5 Å². The van der Waals surface area contributed by atoms with Gasteiger partial charge in [0, 0.05) is 11.6 Å². The number of aliphatic hydroxyl groups is 1. The number of hydrogen-bond acceptors (Lipinski definition) is 4. The first-order chi connectivity index (χ1) is 13.4. The fraction of sp³-hybridized carbons (Fsp3) is 0.450. The number of β-lactam (4-membered cyclic amide) rings is 1. The molecule has 8 nitrogen and oxygen atoms in total. The van der Waals surface area contributed by atoms with Crippen LogP contribution in [0.25, 0.3) is 0 Å². The summed E-state index contributed by atoms with van der Waals surface area (Å²) in [5.41, 5.74) is 1.21. The lowest BCUT2D eigenvalue weighted by Gasteiger charge is -2.47. The van der Waals surface area contributed by atoms with Gasteiger partial charge in [0.2, 0.25) is 5.91 Å². The molecule has 0 spiro atoms. The minimum atomic E-state index is -1.17. The Balaban J connectivity index is 1.59. The van der Waals surface area contributed by atoms with E-state index in [1.54, 1.807) is 31.2 Å². The van der Waals surface area contributed by atoms with Gasteiger partial charge >= 0.3 is 12.0 Å². The van der Waals surface area contributed by atoms with Crippen molar-refractivity contribution in [1.29, 1.82) is 0 Å². The van der Waals surface area contributed by atoms with Crippen LogP contribution in [0.4, 0.5) is 10.5 Å². The lowest BCUT2D eigenvalue weighted by Crippen LogP contribution is -2.64. The zero-order valence-corrected chi connectivity index (χ0v) is 15.5. The molecule has 2 heterocycles. The van der Waals surface area contributed by atoms with Gasteiger partial charge < -0.3 is 25.7 Å². The fourth-order valence-corrected chi connectivity index (χ4v) is 4.88. The van der Waals surface area contributed by atoms with Gasteiger partial charge in [0.1, 0.15) is 5.70 Å². The van der Waals surface area contributed by atoms with Crippen molar-refractivity contribution < 1.29 is 24.6 Å². The highest BCUT2D eigenvalue weighted by molar-refractivity contribution is 6.00. The smallest absolute Gasteiger partial charge is 0.352 e. The molecule has 1 unspecified atom stereocenters. The summed E-state index contributed by atoms with van der Waals surface area (Å²) in [5.74, 6) is -2.27. The maximum Gasteiger partial charge on any atom is 0.352 e. The number of carbonyl (C=O) groups excluding carboxylic acids is 2. The Morgan fingerprint density at radius 2 is 1.93 bits per heavy atom. The largest absolute Gasteiger partial charge is 0.477 e. The predicted octanol–water partition coefficient (Wildman–Crippen LogP) is 1.54. The number of aliphatic carboxylic acids is 1. The van der Waals surface area contributed by atoms with Crippen LogP contribution in [0.1, 0.15) is 26.2 Å². The van der Waals surface area contributed by atoms with Gasteiger partial charge in [0.05, 0.1) is 24.1 Å². The van der Waals surface area contributed by atoms with Gasteiger partial charge in [-0.15, -0.1) is 0 Å². The predicted molar refractivity (Wildman–Crippen MR) is 100 cm³/mol. The number of carboxylic acids is 1. The fourth-order valence-electron chi connectivity index (χ4n) is 4.88. The summed E-state index contributed by atoms with van der Waals surface area (Å²) < 4.78 is 0. The Labute approximate surface area is 162 Å². The summed E-state index contributed by atoms with van der Waals surface area (Å²) >= 11 is 0. The highest BCUT2D eigenvalue weighted by Crippen LogP contribution is 2.52. The summed E-state index contributed by atoms with van der Waals surface area (Å²) in [6.07, 6.45) is 1.32. The maximum atomic E-state index is 12.5. The molecule has 5 atom stereocenters. The van der Waals surface area contributed by atoms with Crippen molar-refractivity contribution in [2.45, 2.75) is 44.4 Å². The van der Waals surface area contributed by atoms with E-state index < -0.39 is 30.1 Å². The highest BCUT2D eigenvalue weighted by atomic mass is 16.4. The number of carbonyl (C=O) groups is 3. The SMILES string of the molecule is CC(O)[C@H]1C(=O)N2C(C(=O)O)=C3[C@@H](NC(=O)Nc4ccccc4)CCC[C@@H]3[C@H]12. The second kappa shape index (κ2) is 6.94. The molecule has 1 aromatic rings. The van der Waals surface area contributed by atoms with Crippen molar-refractivity contribution in [3.63, 3.8) is 0 Å². The molecule has 2 aliphatic heterocycles. The van der Waals surface area contributed by atoms with Crippen LogP contribution in [0, 0.1) is 11.8 Å². The van der Waals surface area contributed by atoms with E-state index in [0.29, 0.717) is 17.7 Å². The molecule has 8 heteroatoms. The van der Waals surface area contributed by atoms with Gasteiger partial charge in [-0.25, -0.2) is 9.59 Å². The van der Waals surface area contributed by atoms with Gasteiger partial charge in [0.15, 0.2) is 0 Å². The van der Waals surface area contributed by atoms with Crippen LogP contribution in [0.15, 0.2) is 41.6 Å². The summed E-state index contributed by atoms with van der Waals surface area (Å²) in [7, 11) is 0. The van der Waals surface area contributed by atoms with Crippen molar-refractivity contribution in [2.24, 2.45) is 11.8 Å². The molecule has 28 heavy (non-hydrogen) atoms. The number of benzene rings is 1. The minimum absolute atomic E-state index is 0.0263. The van der Waals surface area contributed by atoms with Crippen LogP contribution in [0.2, 0.25) is 0 Å². The molecule has 0 radical (unpaired) electrons. The first-order valence-electron chi connectivity index (χ1n) is 9.51. The number of urea groups is 1. The number of carboxylic acid groups (broad SMARTS) is 1. The van der Waals surface area contributed by atoms with Crippen LogP contribution in [-0.4, -0.2) is 51.2 Å². The van der Waals surface area contributed by atoms with Gasteiger partial charge in [0.25, 0.3) is 0 Å². The van der Waals surface area contributed by atoms with E-state index in [1.807, 2.05) is 6.07 Å². The average Bonchev–Trinajstić information content (AvgIpc) is 2.94. The Kier molecular flexibility index (Phi) is 4.58. The summed E-state index contributed by atoms with van der Waals surface area (Å²) in [6, 6.07) is 7.77. The van der Waals surface area contributed by atoms with Crippen LogP contribution < -0.4 is 10.6 Å². The standard InChI is InChI=1S/C20H23N3O5/c1-10(24)14-16-12-8-5-9-13(15(12)17(19(26)27)23(16)18(14)25)22-20(28)21-11-6-3-2-4-7-11/h2-4,6-7,10,12-14,16,24H,5,8-9H2,1H3,(H,26,27)(H2,21,22,28)/t10?,12-,13-,14+,16+/m0/s1. The van der Waals surface area contributed by atoms with Crippen molar-refractivity contribution in [3.05, 3.63) is 41.6 Å². The molecule has 2 fully saturated rings. The third kappa shape index (κ3) is 2.84. The molecular formula is C20H23N3O5. The Morgan fingerprint density at radius 1 is 1.21 bits per heavy atom. The van der Waals surface area contributed by atoms with E-state index in [0.717, 1.165) is 12.8 Å². The maximum absolute atomic E-state index is 12.5. The summed E-state index contributed by atoms with van der Waals surface area (Å²) in [5, 5.41) is 25.4. The molecular weight excluding hydrogens is 362 g/mol. The quantitative estimate of drug-likeness (QED) is 0.586. The normalized spacial score (nSPS) is 29.5. The summed E-state index contributed by atoms with van der Waals surface area (Å²) in [6.45, 7) is 1.56. The van der Waals surface area contributed by atoms with E-state index >= 15 is 0 Å². The highest BCUT2D eigenvalue weighted by Gasteiger charge is 2.62. The van der Waals surface area contributed by atoms with Crippen LogP contribution in [0.3, 0.4) is 0 Å². The van der Waals surface area contributed by atoms with Crippen molar-refractivity contribution >= 4 is 23.6 Å². The number of rotatable bonds is 4. The topological polar surface area (TPSA) is 119 Å². The van der Waals surface area contributed by atoms with E-state index in [-0.39, 0.29) is 23.6 Å². The molecule has 148 valence electrons. The van der Waals surface area contributed by atoms with Crippen LogP contribution >= 0.6 is 0 Å². The lowest BCUT2D eigenvalue weighted by molar-refractivity contribution is -0.163. The van der Waals surface area contributed by atoms with Gasteiger partial charge in [-0.2, -0.15) is 0 Å². The number of hydrogen-bond donors (Lipinski definition) is 4. The van der Waals surface area contributed by atoms with Gasteiger partial charge in [-0.1, -0.05) is 24.6 Å². The first-order valence-corrected chi connectivity index (χ1v) is 9.51. The third-order valence-electron chi connectivity index (χ3n) is 5.96. The number of fused-ring (bicyclic) bond motifs is 3. The monoisotopic (exact) mass is 385 g/mol. The van der Waals surface area contributed by atoms with Crippen molar-refractivity contribution in [3.8, 4) is 0 Å². The number of nitrogens with one attached hydrogen (secondary N) is 2. The molecule has 1 saturated carbocycles. The second-order valence-corrected chi connectivity index (χ2v) is 7.63. The van der Waals surface area contributed by atoms with Gasteiger partial charge in [-0.3, -0.25) is 4.79 Å². The Hall–Kier alpha value is -2.87. The number of para-hydroxylation sites is 1. The van der Waals surface area contributed by atoms with Crippen LogP contribution in [-0.2, 0) is 9.59 Å². The van der Waals surface area contributed by atoms with E-state index in [2.05, 4.69) is 10.6 Å². The molecule has 1 aromatic carbocycles. The number of nitrogens with zero attached hydrogens (tertiary/aromatic N) is 1. The Morgan fingerprint density at radius 3 is 2.57 bits per heavy atom. The Bertz CT molecular complexity index is 851. The van der Waals surface area contributed by atoms with E-state index in [1.165, 1.54) is 4.90 Å². The number of anilines is 1. The minimum Gasteiger partial charge on any atom is -0.477 e. The third-order valence-corrected chi connectivity index (χ3v) is 5.96. The molecule has 4 rings (SSSR count). The van der Waals surface area contributed by atoms with Crippen molar-refractivity contribution in [2.75, 3.05) is 5.32 Å². The molecule has 1 saturated heterocycles. The molecule has 0 aromatic heterocycles. The van der Waals surface area contributed by atoms with Crippen molar-refractivity contribution in [1.82, 2.24) is 10.2 Å². The molecule has 0 bridgehead atoms. The average molecular weight is 385 g/mol.